The van der Waals surface area contributed by atoms with E-state index in [1.165, 1.54) is 44.6 Å². The van der Waals surface area contributed by atoms with Crippen LogP contribution in [0.2, 0.25) is 0 Å². The Morgan fingerprint density at radius 1 is 0.930 bits per heavy atom. The predicted octanol–water partition coefficient (Wildman–Crippen LogP) is 7.11. The second-order valence-electron chi connectivity index (χ2n) is 17.9. The van der Waals surface area contributed by atoms with Crippen molar-refractivity contribution in [2.75, 3.05) is 6.73 Å². The molecular weight excluding hydrogens is 536 g/mol. The molecule has 0 aromatic carbocycles. The number of carbonyl (C=O) groups excluding carboxylic acids is 3. The van der Waals surface area contributed by atoms with E-state index in [1.54, 1.807) is 0 Å². The largest absolute Gasteiger partial charge is 0.358 e. The molecule has 0 spiro atoms. The first kappa shape index (κ1) is 31.3. The number of amides is 2. The lowest BCUT2D eigenvalue weighted by atomic mass is 9.33. The summed E-state index contributed by atoms with van der Waals surface area (Å²) in [4.78, 5) is 39.5. The number of ether oxygens (including phenoxy) is 1. The number of allylic oxidation sites excluding steroid dienone is 2. The fourth-order valence-corrected chi connectivity index (χ4v) is 11.9. The zero-order valence-corrected chi connectivity index (χ0v) is 28.3. The van der Waals surface area contributed by atoms with Crippen molar-refractivity contribution in [1.29, 1.82) is 0 Å². The molecule has 0 aromatic rings. The van der Waals surface area contributed by atoms with Crippen molar-refractivity contribution in [3.63, 3.8) is 0 Å². The Labute approximate surface area is 260 Å². The molecule has 6 aliphatic carbocycles. The van der Waals surface area contributed by atoms with Crippen LogP contribution in [-0.2, 0) is 19.1 Å². The fraction of sp³-hybridized carbons (Fsp3) is 0.865. The van der Waals surface area contributed by atoms with E-state index >= 15 is 0 Å². The number of carbonyl (C=O) groups is 3. The van der Waals surface area contributed by atoms with Crippen molar-refractivity contribution in [2.45, 2.75) is 145 Å². The topological polar surface area (TPSA) is 84.5 Å². The maximum absolute atomic E-state index is 14.5. The molecule has 240 valence electrons. The van der Waals surface area contributed by atoms with Crippen LogP contribution in [0.1, 0.15) is 132 Å². The van der Waals surface area contributed by atoms with Gasteiger partial charge in [0.25, 0.3) is 0 Å². The highest BCUT2D eigenvalue weighted by atomic mass is 16.5. The standard InChI is InChI=1S/C37H58N2O4/c1-23(40)38-22-43-25-18-24(19-25)39-31(42)34(5)15-14-33(4)16-17-36(7)26(27(33)21-34)20-28(41)30-35(6)12-9-11-32(2,3)29(35)10-13-37(30,36)8/h20,24-25,27,29-30H,9-19,21-22H2,1-8H3,(H,38,40)(H,39,42)/t24?,25?,27-,29?,30+,33+,34-,35-,36+,37+/m0/s1. The van der Waals surface area contributed by atoms with Crippen LogP contribution >= 0.6 is 0 Å². The molecular formula is C37H58N2O4. The Morgan fingerprint density at radius 3 is 2.33 bits per heavy atom. The van der Waals surface area contributed by atoms with Gasteiger partial charge >= 0.3 is 0 Å². The number of hydrogen-bond acceptors (Lipinski definition) is 4. The summed E-state index contributed by atoms with van der Waals surface area (Å²) < 4.78 is 5.72. The summed E-state index contributed by atoms with van der Waals surface area (Å²) in [5, 5.41) is 6.04. The molecule has 0 aromatic heterocycles. The molecule has 5 saturated carbocycles. The highest BCUT2D eigenvalue weighted by Gasteiger charge is 2.69. The summed E-state index contributed by atoms with van der Waals surface area (Å²) in [7, 11) is 0. The van der Waals surface area contributed by atoms with E-state index in [9.17, 15) is 14.4 Å². The van der Waals surface area contributed by atoms with Gasteiger partial charge in [0, 0.05) is 24.3 Å². The Morgan fingerprint density at radius 2 is 1.63 bits per heavy atom. The quantitative estimate of drug-likeness (QED) is 0.332. The summed E-state index contributed by atoms with van der Waals surface area (Å²) in [5.74, 6) is 1.41. The molecule has 2 amide bonds. The highest BCUT2D eigenvalue weighted by Crippen LogP contribution is 2.75. The third kappa shape index (κ3) is 4.69. The Hall–Kier alpha value is -1.69. The SMILES string of the molecule is CC(=O)NCOC1CC(NC(=O)[C@@]2(C)CC[C@]3(C)CC[C@]4(C)C(=CC(=O)[C@@H]5[C@@]6(C)CCCC(C)(C)C6CC[C@]54C)[C@@H]3C2)C1. The molecule has 6 aliphatic rings. The first-order chi connectivity index (χ1) is 20.0. The van der Waals surface area contributed by atoms with Crippen LogP contribution in [0.5, 0.6) is 0 Å². The number of rotatable bonds is 5. The minimum atomic E-state index is -0.441. The number of hydrogen-bond donors (Lipinski definition) is 2. The van der Waals surface area contributed by atoms with Crippen molar-refractivity contribution in [3.8, 4) is 0 Å². The summed E-state index contributed by atoms with van der Waals surface area (Å²) in [6, 6.07) is 0.127. The van der Waals surface area contributed by atoms with Gasteiger partial charge in [0.1, 0.15) is 6.73 Å². The van der Waals surface area contributed by atoms with Gasteiger partial charge in [-0.15, -0.1) is 0 Å². The molecule has 8 atom stereocenters. The van der Waals surface area contributed by atoms with E-state index in [0.29, 0.717) is 17.1 Å². The van der Waals surface area contributed by atoms with Crippen molar-refractivity contribution in [3.05, 3.63) is 11.6 Å². The Bertz CT molecular complexity index is 1220. The predicted molar refractivity (Wildman–Crippen MR) is 169 cm³/mol. The van der Waals surface area contributed by atoms with E-state index in [-0.39, 0.29) is 64.2 Å². The average molecular weight is 595 g/mol. The minimum absolute atomic E-state index is 0.00745. The second-order valence-corrected chi connectivity index (χ2v) is 17.9. The molecule has 5 fully saturated rings. The van der Waals surface area contributed by atoms with Crippen LogP contribution in [0.4, 0.5) is 0 Å². The highest BCUT2D eigenvalue weighted by molar-refractivity contribution is 5.95. The zero-order valence-electron chi connectivity index (χ0n) is 28.3. The smallest absolute Gasteiger partial charge is 0.226 e. The zero-order chi connectivity index (χ0) is 31.2. The van der Waals surface area contributed by atoms with Crippen LogP contribution in [0.15, 0.2) is 11.6 Å². The molecule has 6 nitrogen and oxygen atoms in total. The van der Waals surface area contributed by atoms with Gasteiger partial charge in [0.2, 0.25) is 11.8 Å². The average Bonchev–Trinajstić information content (AvgIpc) is 2.88. The van der Waals surface area contributed by atoms with E-state index < -0.39 is 5.41 Å². The van der Waals surface area contributed by atoms with Crippen LogP contribution in [0.25, 0.3) is 0 Å². The van der Waals surface area contributed by atoms with E-state index in [0.717, 1.165) is 44.9 Å². The fourth-order valence-electron chi connectivity index (χ4n) is 11.9. The molecule has 0 heterocycles. The molecule has 0 aliphatic heterocycles. The first-order valence-corrected chi connectivity index (χ1v) is 17.4. The van der Waals surface area contributed by atoms with Crippen molar-refractivity contribution in [1.82, 2.24) is 10.6 Å². The van der Waals surface area contributed by atoms with E-state index in [4.69, 9.17) is 4.74 Å². The molecule has 43 heavy (non-hydrogen) atoms. The van der Waals surface area contributed by atoms with Gasteiger partial charge in [-0.2, -0.15) is 0 Å². The monoisotopic (exact) mass is 594 g/mol. The van der Waals surface area contributed by atoms with Crippen LogP contribution < -0.4 is 10.6 Å². The van der Waals surface area contributed by atoms with Crippen LogP contribution in [0.3, 0.4) is 0 Å². The number of fused-ring (bicyclic) bond motifs is 7. The molecule has 1 unspecified atom stereocenters. The molecule has 0 bridgehead atoms. The molecule has 6 heteroatoms. The lowest BCUT2D eigenvalue weighted by Gasteiger charge is -2.70. The van der Waals surface area contributed by atoms with Gasteiger partial charge in [0.15, 0.2) is 5.78 Å². The van der Waals surface area contributed by atoms with E-state index in [2.05, 4.69) is 65.2 Å². The maximum Gasteiger partial charge on any atom is 0.226 e. The van der Waals surface area contributed by atoms with Gasteiger partial charge in [-0.05, 0) is 116 Å². The molecule has 0 saturated heterocycles. The van der Waals surface area contributed by atoms with Crippen LogP contribution in [-0.4, -0.2) is 36.5 Å². The lowest BCUT2D eigenvalue weighted by molar-refractivity contribution is -0.185. The third-order valence-corrected chi connectivity index (χ3v) is 14.9. The lowest BCUT2D eigenvalue weighted by Crippen LogP contribution is -2.65. The minimum Gasteiger partial charge on any atom is -0.358 e. The van der Waals surface area contributed by atoms with Gasteiger partial charge in [0.05, 0.1) is 6.10 Å². The third-order valence-electron chi connectivity index (χ3n) is 14.9. The molecule has 6 rings (SSSR count). The first-order valence-electron chi connectivity index (χ1n) is 17.4. The van der Waals surface area contributed by atoms with Gasteiger partial charge < -0.3 is 15.4 Å². The summed E-state index contributed by atoms with van der Waals surface area (Å²) in [5.41, 5.74) is 1.39. The molecule has 0 radical (unpaired) electrons. The summed E-state index contributed by atoms with van der Waals surface area (Å²) >= 11 is 0. The van der Waals surface area contributed by atoms with Crippen molar-refractivity contribution >= 4 is 17.6 Å². The number of ketones is 1. The normalized spacial score (nSPS) is 48.3. The number of nitrogens with one attached hydrogen (secondary N) is 2. The summed E-state index contributed by atoms with van der Waals surface area (Å²) in [6.07, 6.45) is 14.9. The second kappa shape index (κ2) is 10.2. The van der Waals surface area contributed by atoms with Gasteiger partial charge in [-0.25, -0.2) is 0 Å². The van der Waals surface area contributed by atoms with Crippen molar-refractivity contribution in [2.24, 2.45) is 50.2 Å². The maximum atomic E-state index is 14.5. The Kier molecular flexibility index (Phi) is 7.39. The molecule has 2 N–H and O–H groups in total. The van der Waals surface area contributed by atoms with E-state index in [1.807, 2.05) is 0 Å². The van der Waals surface area contributed by atoms with Crippen LogP contribution in [0, 0.1) is 50.2 Å². The Balaban J connectivity index is 1.23. The summed E-state index contributed by atoms with van der Waals surface area (Å²) in [6.45, 7) is 18.7. The van der Waals surface area contributed by atoms with Crippen molar-refractivity contribution < 1.29 is 19.1 Å². The van der Waals surface area contributed by atoms with Gasteiger partial charge in [-0.1, -0.05) is 60.5 Å². The van der Waals surface area contributed by atoms with Gasteiger partial charge in [-0.3, -0.25) is 14.4 Å².